The maximum absolute atomic E-state index is 10.9. The fourth-order valence-corrected chi connectivity index (χ4v) is 1.21. The molecule has 66 valence electrons. The highest BCUT2D eigenvalue weighted by Gasteiger charge is 2.16. The second kappa shape index (κ2) is 4.18. The molecule has 0 aliphatic carbocycles. The van der Waals surface area contributed by atoms with Crippen LogP contribution in [-0.2, 0) is 10.8 Å². The first-order chi connectivity index (χ1) is 5.20. The van der Waals surface area contributed by atoms with E-state index in [2.05, 4.69) is 10.6 Å². The van der Waals surface area contributed by atoms with Crippen molar-refractivity contribution in [2.75, 3.05) is 25.9 Å². The van der Waals surface area contributed by atoms with E-state index < -0.39 is 10.8 Å². The Hall–Kier alpha value is 0.0700. The highest BCUT2D eigenvalue weighted by Crippen LogP contribution is 1.94. The summed E-state index contributed by atoms with van der Waals surface area (Å²) in [5, 5.41) is 6.79. The van der Waals surface area contributed by atoms with Crippen LogP contribution in [0.4, 0.5) is 0 Å². The van der Waals surface area contributed by atoms with E-state index in [9.17, 15) is 4.21 Å². The monoisotopic (exact) mass is 176 g/mol. The molecule has 1 fully saturated rings. The summed E-state index contributed by atoms with van der Waals surface area (Å²) in [4.78, 5) is 0. The van der Waals surface area contributed by atoms with Crippen LogP contribution in [0, 0.1) is 0 Å². The standard InChI is InChI=1S/C7H16N2OS/c1-6(11(2)10)3-9-7-4-8-5-7/h6-9H,3-5H2,1-2H3. The fraction of sp³-hybridized carbons (Fsp3) is 1.00. The van der Waals surface area contributed by atoms with Gasteiger partial charge >= 0.3 is 0 Å². The third-order valence-corrected chi connectivity index (χ3v) is 3.34. The maximum atomic E-state index is 10.9. The minimum absolute atomic E-state index is 0.274. The summed E-state index contributed by atoms with van der Waals surface area (Å²) in [6, 6.07) is 0.612. The van der Waals surface area contributed by atoms with Gasteiger partial charge in [0, 0.05) is 48.0 Å². The van der Waals surface area contributed by atoms with Crippen molar-refractivity contribution >= 4 is 10.8 Å². The molecule has 2 N–H and O–H groups in total. The normalized spacial score (nSPS) is 24.2. The van der Waals surface area contributed by atoms with Crippen molar-refractivity contribution in [3.8, 4) is 0 Å². The van der Waals surface area contributed by atoms with Crippen molar-refractivity contribution in [3.63, 3.8) is 0 Å². The zero-order chi connectivity index (χ0) is 8.27. The molecule has 0 bridgehead atoms. The van der Waals surface area contributed by atoms with Crippen molar-refractivity contribution in [1.29, 1.82) is 0 Å². The van der Waals surface area contributed by atoms with Crippen LogP contribution >= 0.6 is 0 Å². The molecule has 2 atom stereocenters. The Labute approximate surface area is 70.4 Å². The summed E-state index contributed by atoms with van der Waals surface area (Å²) in [5.41, 5.74) is 0. The number of hydrogen-bond donors (Lipinski definition) is 2. The van der Waals surface area contributed by atoms with E-state index in [-0.39, 0.29) is 5.25 Å². The molecule has 1 saturated heterocycles. The van der Waals surface area contributed by atoms with Gasteiger partial charge in [-0.2, -0.15) is 0 Å². The molecule has 11 heavy (non-hydrogen) atoms. The van der Waals surface area contributed by atoms with Crippen LogP contribution in [-0.4, -0.2) is 41.4 Å². The Morgan fingerprint density at radius 2 is 2.36 bits per heavy atom. The van der Waals surface area contributed by atoms with E-state index in [1.54, 1.807) is 6.26 Å². The van der Waals surface area contributed by atoms with Crippen LogP contribution in [0.5, 0.6) is 0 Å². The predicted molar refractivity (Wildman–Crippen MR) is 48.2 cm³/mol. The summed E-state index contributed by atoms with van der Waals surface area (Å²) in [7, 11) is -0.688. The Morgan fingerprint density at radius 1 is 1.73 bits per heavy atom. The Morgan fingerprint density at radius 3 is 2.73 bits per heavy atom. The highest BCUT2D eigenvalue weighted by molar-refractivity contribution is 7.84. The van der Waals surface area contributed by atoms with E-state index in [1.807, 2.05) is 6.92 Å². The smallest absolute Gasteiger partial charge is 0.0441 e. The molecule has 1 aliphatic heterocycles. The lowest BCUT2D eigenvalue weighted by atomic mass is 10.2. The van der Waals surface area contributed by atoms with Crippen molar-refractivity contribution in [3.05, 3.63) is 0 Å². The van der Waals surface area contributed by atoms with E-state index >= 15 is 0 Å². The quantitative estimate of drug-likeness (QED) is 0.596. The second-order valence-corrected chi connectivity index (χ2v) is 4.87. The summed E-state index contributed by atoms with van der Waals surface area (Å²) in [6.07, 6.45) is 1.76. The lowest BCUT2D eigenvalue weighted by Gasteiger charge is -2.29. The van der Waals surface area contributed by atoms with Gasteiger partial charge < -0.3 is 10.6 Å². The molecule has 1 rings (SSSR count). The summed E-state index contributed by atoms with van der Waals surface area (Å²) in [6.45, 7) is 5.00. The van der Waals surface area contributed by atoms with Crippen molar-refractivity contribution in [2.24, 2.45) is 0 Å². The fourth-order valence-electron chi connectivity index (χ4n) is 0.883. The first-order valence-corrected chi connectivity index (χ1v) is 5.58. The van der Waals surface area contributed by atoms with Gasteiger partial charge in [-0.15, -0.1) is 0 Å². The van der Waals surface area contributed by atoms with Gasteiger partial charge in [0.1, 0.15) is 0 Å². The first-order valence-electron chi connectivity index (χ1n) is 3.96. The molecule has 4 heteroatoms. The van der Waals surface area contributed by atoms with E-state index in [4.69, 9.17) is 0 Å². The van der Waals surface area contributed by atoms with Gasteiger partial charge in [-0.25, -0.2) is 0 Å². The Kier molecular flexibility index (Phi) is 3.48. The van der Waals surface area contributed by atoms with Crippen LogP contribution in [0.3, 0.4) is 0 Å². The van der Waals surface area contributed by atoms with Gasteiger partial charge in [0.25, 0.3) is 0 Å². The molecule has 0 spiro atoms. The van der Waals surface area contributed by atoms with Crippen LogP contribution in [0.1, 0.15) is 6.92 Å². The van der Waals surface area contributed by atoms with Crippen molar-refractivity contribution < 1.29 is 4.21 Å². The zero-order valence-corrected chi connectivity index (χ0v) is 7.91. The van der Waals surface area contributed by atoms with Gasteiger partial charge in [-0.3, -0.25) is 4.21 Å². The molecule has 1 aliphatic rings. The van der Waals surface area contributed by atoms with Crippen LogP contribution < -0.4 is 10.6 Å². The van der Waals surface area contributed by atoms with Gasteiger partial charge in [-0.1, -0.05) is 0 Å². The van der Waals surface area contributed by atoms with E-state index in [1.165, 1.54) is 0 Å². The molecule has 0 radical (unpaired) electrons. The molecule has 1 heterocycles. The van der Waals surface area contributed by atoms with Crippen LogP contribution in [0.2, 0.25) is 0 Å². The van der Waals surface area contributed by atoms with Gasteiger partial charge in [0.2, 0.25) is 0 Å². The highest BCUT2D eigenvalue weighted by atomic mass is 32.2. The van der Waals surface area contributed by atoms with E-state index in [0.717, 1.165) is 19.6 Å². The molecular formula is C7H16N2OS. The average Bonchev–Trinajstić information content (AvgIpc) is 1.83. The number of hydrogen-bond acceptors (Lipinski definition) is 3. The van der Waals surface area contributed by atoms with Gasteiger partial charge in [-0.05, 0) is 6.92 Å². The molecule has 0 aromatic rings. The molecule has 2 unspecified atom stereocenters. The summed E-state index contributed by atoms with van der Waals surface area (Å²) in [5.74, 6) is 0. The minimum Gasteiger partial charge on any atom is -0.314 e. The third-order valence-electron chi connectivity index (χ3n) is 2.04. The maximum Gasteiger partial charge on any atom is 0.0441 e. The lowest BCUT2D eigenvalue weighted by Crippen LogP contribution is -2.56. The minimum atomic E-state index is -0.688. The number of nitrogens with one attached hydrogen (secondary N) is 2. The second-order valence-electron chi connectivity index (χ2n) is 3.07. The van der Waals surface area contributed by atoms with Crippen molar-refractivity contribution in [2.45, 2.75) is 18.2 Å². The van der Waals surface area contributed by atoms with Crippen LogP contribution in [0.15, 0.2) is 0 Å². The summed E-state index contributed by atoms with van der Waals surface area (Å²) >= 11 is 0. The molecule has 0 amide bonds. The molecule has 3 nitrogen and oxygen atoms in total. The van der Waals surface area contributed by atoms with Crippen LogP contribution in [0.25, 0.3) is 0 Å². The Balaban J connectivity index is 2.05. The van der Waals surface area contributed by atoms with E-state index in [0.29, 0.717) is 6.04 Å². The predicted octanol–water partition coefficient (Wildman–Crippen LogP) is -0.685. The SMILES string of the molecule is CC(CNC1CNC1)S(C)=O. The molecular weight excluding hydrogens is 160 g/mol. The third kappa shape index (κ3) is 2.89. The topological polar surface area (TPSA) is 41.1 Å². The lowest BCUT2D eigenvalue weighted by molar-refractivity contribution is 0.368. The molecule has 0 aromatic carbocycles. The zero-order valence-electron chi connectivity index (χ0n) is 7.09. The Bertz CT molecular complexity index is 147. The largest absolute Gasteiger partial charge is 0.314 e. The molecule has 0 saturated carbocycles. The average molecular weight is 176 g/mol. The molecule has 0 aromatic heterocycles. The van der Waals surface area contributed by atoms with Crippen molar-refractivity contribution in [1.82, 2.24) is 10.6 Å². The number of rotatable bonds is 4. The first kappa shape index (κ1) is 9.16. The summed E-state index contributed by atoms with van der Waals surface area (Å²) < 4.78 is 10.9. The van der Waals surface area contributed by atoms with Gasteiger partial charge in [0.05, 0.1) is 0 Å². The van der Waals surface area contributed by atoms with Gasteiger partial charge in [0.15, 0.2) is 0 Å².